The SMILES string of the molecule is O=C(O)C[C@H]1C(COC(=O)c2ccccc2)=CC[C@H]1O. The number of esters is 1. The van der Waals surface area contributed by atoms with E-state index in [4.69, 9.17) is 9.84 Å². The molecule has 5 heteroatoms. The number of aliphatic hydroxyl groups excluding tert-OH is 1. The smallest absolute Gasteiger partial charge is 0.338 e. The van der Waals surface area contributed by atoms with E-state index in [0.29, 0.717) is 17.6 Å². The number of carboxylic acid groups (broad SMARTS) is 1. The Labute approximate surface area is 116 Å². The third-order valence-corrected chi connectivity index (χ3v) is 3.34. The number of aliphatic carboxylic acids is 1. The number of rotatable bonds is 5. The molecular formula is C15H16O5. The quantitative estimate of drug-likeness (QED) is 0.630. The zero-order valence-corrected chi connectivity index (χ0v) is 10.9. The number of carbonyl (C=O) groups is 2. The van der Waals surface area contributed by atoms with Crippen LogP contribution in [-0.2, 0) is 9.53 Å². The molecule has 0 fully saturated rings. The lowest BCUT2D eigenvalue weighted by Crippen LogP contribution is -2.22. The van der Waals surface area contributed by atoms with Crippen molar-refractivity contribution in [3.05, 3.63) is 47.5 Å². The summed E-state index contributed by atoms with van der Waals surface area (Å²) in [5.41, 5.74) is 1.12. The minimum absolute atomic E-state index is 0.0166. The van der Waals surface area contributed by atoms with E-state index in [1.54, 1.807) is 36.4 Å². The van der Waals surface area contributed by atoms with E-state index in [1.165, 1.54) is 0 Å². The van der Waals surface area contributed by atoms with Gasteiger partial charge in [-0.2, -0.15) is 0 Å². The van der Waals surface area contributed by atoms with Crippen LogP contribution < -0.4 is 0 Å². The van der Waals surface area contributed by atoms with Gasteiger partial charge in [-0.25, -0.2) is 4.79 Å². The predicted octanol–water partition coefficient (Wildman–Crippen LogP) is 1.63. The van der Waals surface area contributed by atoms with Gasteiger partial charge in [-0.05, 0) is 24.1 Å². The molecule has 1 aliphatic carbocycles. The Morgan fingerprint density at radius 1 is 1.25 bits per heavy atom. The standard InChI is InChI=1S/C15H16O5/c16-13-7-6-11(12(13)8-14(17)18)9-20-15(19)10-4-2-1-3-5-10/h1-6,12-13,16H,7-9H2,(H,17,18)/t12-,13+/m0/s1. The largest absolute Gasteiger partial charge is 0.481 e. The molecule has 0 aromatic heterocycles. The van der Waals surface area contributed by atoms with Crippen molar-refractivity contribution in [2.45, 2.75) is 18.9 Å². The zero-order chi connectivity index (χ0) is 14.5. The number of hydrogen-bond donors (Lipinski definition) is 2. The lowest BCUT2D eigenvalue weighted by molar-refractivity contribution is -0.138. The Hall–Kier alpha value is -2.14. The van der Waals surface area contributed by atoms with Gasteiger partial charge < -0.3 is 14.9 Å². The molecule has 0 amide bonds. The van der Waals surface area contributed by atoms with E-state index in [1.807, 2.05) is 0 Å². The van der Waals surface area contributed by atoms with E-state index in [9.17, 15) is 14.7 Å². The number of carbonyl (C=O) groups excluding carboxylic acids is 1. The summed E-state index contributed by atoms with van der Waals surface area (Å²) in [5, 5.41) is 18.6. The summed E-state index contributed by atoms with van der Waals surface area (Å²) in [6.45, 7) is 0.0166. The molecule has 0 aliphatic heterocycles. The first-order valence-corrected chi connectivity index (χ1v) is 6.39. The lowest BCUT2D eigenvalue weighted by Gasteiger charge is -2.17. The number of benzene rings is 1. The van der Waals surface area contributed by atoms with Crippen molar-refractivity contribution in [1.82, 2.24) is 0 Å². The first-order valence-electron chi connectivity index (χ1n) is 6.39. The summed E-state index contributed by atoms with van der Waals surface area (Å²) in [6.07, 6.45) is 1.28. The molecule has 1 aromatic rings. The van der Waals surface area contributed by atoms with Gasteiger partial charge in [0.2, 0.25) is 0 Å². The fourth-order valence-corrected chi connectivity index (χ4v) is 2.26. The Morgan fingerprint density at radius 2 is 1.95 bits per heavy atom. The maximum atomic E-state index is 11.8. The third kappa shape index (κ3) is 3.45. The average molecular weight is 276 g/mol. The Morgan fingerprint density at radius 3 is 2.60 bits per heavy atom. The molecule has 0 radical (unpaired) electrons. The maximum absolute atomic E-state index is 11.8. The van der Waals surface area contributed by atoms with Crippen LogP contribution in [0.1, 0.15) is 23.2 Å². The van der Waals surface area contributed by atoms with Crippen molar-refractivity contribution >= 4 is 11.9 Å². The van der Waals surface area contributed by atoms with Crippen molar-refractivity contribution in [2.24, 2.45) is 5.92 Å². The Balaban J connectivity index is 1.93. The van der Waals surface area contributed by atoms with Crippen LogP contribution in [0.15, 0.2) is 42.0 Å². The normalized spacial score (nSPS) is 21.4. The van der Waals surface area contributed by atoms with Gasteiger partial charge in [0, 0.05) is 5.92 Å². The second-order valence-corrected chi connectivity index (χ2v) is 4.73. The Kier molecular flexibility index (Phi) is 4.53. The molecular weight excluding hydrogens is 260 g/mol. The summed E-state index contributed by atoms with van der Waals surface area (Å²) in [6, 6.07) is 8.57. The molecule has 106 valence electrons. The third-order valence-electron chi connectivity index (χ3n) is 3.34. The van der Waals surface area contributed by atoms with Crippen molar-refractivity contribution in [3.8, 4) is 0 Å². The summed E-state index contributed by atoms with van der Waals surface area (Å²) in [7, 11) is 0. The zero-order valence-electron chi connectivity index (χ0n) is 10.9. The van der Waals surface area contributed by atoms with Gasteiger partial charge in [-0.1, -0.05) is 24.3 Å². The van der Waals surface area contributed by atoms with Crippen molar-refractivity contribution in [3.63, 3.8) is 0 Å². The predicted molar refractivity (Wildman–Crippen MR) is 71.2 cm³/mol. The van der Waals surface area contributed by atoms with Crippen LogP contribution >= 0.6 is 0 Å². The van der Waals surface area contributed by atoms with E-state index in [0.717, 1.165) is 0 Å². The lowest BCUT2D eigenvalue weighted by atomic mass is 9.96. The molecule has 0 saturated heterocycles. The highest BCUT2D eigenvalue weighted by atomic mass is 16.5. The molecule has 1 aromatic carbocycles. The minimum Gasteiger partial charge on any atom is -0.481 e. The van der Waals surface area contributed by atoms with Crippen LogP contribution in [-0.4, -0.2) is 34.9 Å². The Bertz CT molecular complexity index is 520. The summed E-state index contributed by atoms with van der Waals surface area (Å²) >= 11 is 0. The number of ether oxygens (including phenoxy) is 1. The molecule has 1 aliphatic rings. The van der Waals surface area contributed by atoms with Crippen LogP contribution in [0.3, 0.4) is 0 Å². The molecule has 2 N–H and O–H groups in total. The van der Waals surface area contributed by atoms with Crippen LogP contribution in [0.4, 0.5) is 0 Å². The van der Waals surface area contributed by atoms with Crippen LogP contribution in [0.25, 0.3) is 0 Å². The first kappa shape index (κ1) is 14.3. The average Bonchev–Trinajstić information content (AvgIpc) is 2.78. The topological polar surface area (TPSA) is 83.8 Å². The van der Waals surface area contributed by atoms with Crippen LogP contribution in [0.5, 0.6) is 0 Å². The molecule has 0 bridgehead atoms. The molecule has 5 nitrogen and oxygen atoms in total. The number of carboxylic acids is 1. The highest BCUT2D eigenvalue weighted by molar-refractivity contribution is 5.89. The van der Waals surface area contributed by atoms with E-state index >= 15 is 0 Å². The van der Waals surface area contributed by atoms with Crippen LogP contribution in [0.2, 0.25) is 0 Å². The van der Waals surface area contributed by atoms with E-state index < -0.39 is 24.0 Å². The molecule has 20 heavy (non-hydrogen) atoms. The minimum atomic E-state index is -0.976. The molecule has 2 rings (SSSR count). The second-order valence-electron chi connectivity index (χ2n) is 4.73. The summed E-state index contributed by atoms with van der Waals surface area (Å²) < 4.78 is 5.16. The van der Waals surface area contributed by atoms with Gasteiger partial charge in [0.15, 0.2) is 0 Å². The molecule has 0 unspecified atom stereocenters. The number of hydrogen-bond acceptors (Lipinski definition) is 4. The molecule has 0 saturated carbocycles. The molecule has 0 spiro atoms. The molecule has 2 atom stereocenters. The van der Waals surface area contributed by atoms with Gasteiger partial charge in [-0.15, -0.1) is 0 Å². The van der Waals surface area contributed by atoms with Gasteiger partial charge in [0.1, 0.15) is 6.61 Å². The van der Waals surface area contributed by atoms with E-state index in [-0.39, 0.29) is 13.0 Å². The van der Waals surface area contributed by atoms with Gasteiger partial charge in [0.25, 0.3) is 0 Å². The van der Waals surface area contributed by atoms with Crippen LogP contribution in [0, 0.1) is 5.92 Å². The van der Waals surface area contributed by atoms with E-state index in [2.05, 4.69) is 0 Å². The fourth-order valence-electron chi connectivity index (χ4n) is 2.26. The fraction of sp³-hybridized carbons (Fsp3) is 0.333. The monoisotopic (exact) mass is 276 g/mol. The second kappa shape index (κ2) is 6.34. The molecule has 0 heterocycles. The summed E-state index contributed by atoms with van der Waals surface area (Å²) in [5.74, 6) is -1.91. The van der Waals surface area contributed by atoms with Gasteiger partial charge >= 0.3 is 11.9 Å². The highest BCUT2D eigenvalue weighted by Crippen LogP contribution is 2.29. The summed E-state index contributed by atoms with van der Waals surface area (Å²) in [4.78, 5) is 22.5. The first-order chi connectivity index (χ1) is 9.58. The maximum Gasteiger partial charge on any atom is 0.338 e. The van der Waals surface area contributed by atoms with Gasteiger partial charge in [-0.3, -0.25) is 4.79 Å². The van der Waals surface area contributed by atoms with Crippen molar-refractivity contribution in [2.75, 3.05) is 6.61 Å². The van der Waals surface area contributed by atoms with Crippen molar-refractivity contribution in [1.29, 1.82) is 0 Å². The number of aliphatic hydroxyl groups is 1. The highest BCUT2D eigenvalue weighted by Gasteiger charge is 2.30. The van der Waals surface area contributed by atoms with Gasteiger partial charge in [0.05, 0.1) is 18.1 Å². The van der Waals surface area contributed by atoms with Crippen molar-refractivity contribution < 1.29 is 24.5 Å².